The van der Waals surface area contributed by atoms with Gasteiger partial charge in [0.2, 0.25) is 0 Å². The van der Waals surface area contributed by atoms with Crippen LogP contribution in [0.25, 0.3) is 0 Å². The summed E-state index contributed by atoms with van der Waals surface area (Å²) in [5.41, 5.74) is 3.08. The summed E-state index contributed by atoms with van der Waals surface area (Å²) in [4.78, 5) is 4.31. The SMILES string of the molecule is Clc1ccc(COc2ccccc2CNCc2ccccn2)cc1Cl. The van der Waals surface area contributed by atoms with Crippen molar-refractivity contribution in [2.24, 2.45) is 0 Å². The van der Waals surface area contributed by atoms with Gasteiger partial charge in [-0.3, -0.25) is 4.98 Å². The number of benzene rings is 2. The van der Waals surface area contributed by atoms with Crippen LogP contribution >= 0.6 is 23.2 Å². The molecule has 0 saturated carbocycles. The first-order valence-corrected chi connectivity index (χ1v) is 8.73. The maximum atomic E-state index is 6.05. The third-order valence-electron chi connectivity index (χ3n) is 3.70. The normalized spacial score (nSPS) is 10.6. The number of para-hydroxylation sites is 1. The van der Waals surface area contributed by atoms with Gasteiger partial charge in [-0.1, -0.05) is 53.5 Å². The standard InChI is InChI=1S/C20H18Cl2N2O/c21-18-9-8-15(11-19(18)22)14-25-20-7-2-1-5-16(20)12-23-13-17-6-3-4-10-24-17/h1-11,23H,12-14H2. The minimum Gasteiger partial charge on any atom is -0.489 e. The summed E-state index contributed by atoms with van der Waals surface area (Å²) in [5.74, 6) is 0.849. The summed E-state index contributed by atoms with van der Waals surface area (Å²) in [5, 5.41) is 4.47. The molecule has 0 bridgehead atoms. The minimum absolute atomic E-state index is 0.439. The quantitative estimate of drug-likeness (QED) is 0.614. The molecule has 0 aliphatic rings. The molecule has 0 aliphatic carbocycles. The van der Waals surface area contributed by atoms with Gasteiger partial charge in [0.25, 0.3) is 0 Å². The Labute approximate surface area is 157 Å². The topological polar surface area (TPSA) is 34.1 Å². The number of hydrogen-bond acceptors (Lipinski definition) is 3. The predicted molar refractivity (Wildman–Crippen MR) is 102 cm³/mol. The van der Waals surface area contributed by atoms with Crippen molar-refractivity contribution in [2.45, 2.75) is 19.7 Å². The predicted octanol–water partition coefficient (Wildman–Crippen LogP) is 5.26. The van der Waals surface area contributed by atoms with Crippen LogP contribution in [0.1, 0.15) is 16.8 Å². The van der Waals surface area contributed by atoms with Crippen molar-refractivity contribution in [3.8, 4) is 5.75 Å². The lowest BCUT2D eigenvalue weighted by Gasteiger charge is -2.12. The molecule has 0 spiro atoms. The van der Waals surface area contributed by atoms with E-state index in [0.29, 0.717) is 29.7 Å². The van der Waals surface area contributed by atoms with Crippen LogP contribution in [0.3, 0.4) is 0 Å². The Kier molecular flexibility index (Phi) is 6.29. The van der Waals surface area contributed by atoms with E-state index in [-0.39, 0.29) is 0 Å². The average molecular weight is 373 g/mol. The molecule has 1 N–H and O–H groups in total. The molecule has 3 aromatic rings. The van der Waals surface area contributed by atoms with Crippen LogP contribution in [-0.4, -0.2) is 4.98 Å². The van der Waals surface area contributed by atoms with Crippen molar-refractivity contribution in [3.05, 3.63) is 93.7 Å². The van der Waals surface area contributed by atoms with Gasteiger partial charge in [-0.2, -0.15) is 0 Å². The average Bonchev–Trinajstić information content (AvgIpc) is 2.64. The van der Waals surface area contributed by atoms with E-state index < -0.39 is 0 Å². The maximum absolute atomic E-state index is 6.05. The second kappa shape index (κ2) is 8.86. The molecule has 0 fully saturated rings. The van der Waals surface area contributed by atoms with Gasteiger partial charge in [-0.05, 0) is 35.9 Å². The van der Waals surface area contributed by atoms with E-state index in [0.717, 1.165) is 22.6 Å². The number of halogens is 2. The number of nitrogens with one attached hydrogen (secondary N) is 1. The molecule has 0 radical (unpaired) electrons. The summed E-state index contributed by atoms with van der Waals surface area (Å²) in [6.07, 6.45) is 1.80. The van der Waals surface area contributed by atoms with E-state index in [2.05, 4.69) is 16.4 Å². The maximum Gasteiger partial charge on any atom is 0.124 e. The molecule has 1 heterocycles. The smallest absolute Gasteiger partial charge is 0.124 e. The fourth-order valence-corrected chi connectivity index (χ4v) is 2.73. The molecule has 25 heavy (non-hydrogen) atoms. The van der Waals surface area contributed by atoms with Gasteiger partial charge in [0.05, 0.1) is 15.7 Å². The van der Waals surface area contributed by atoms with Crippen LogP contribution in [0.2, 0.25) is 10.0 Å². The highest BCUT2D eigenvalue weighted by Crippen LogP contribution is 2.24. The van der Waals surface area contributed by atoms with Crippen LogP contribution in [0.5, 0.6) is 5.75 Å². The summed E-state index contributed by atoms with van der Waals surface area (Å²) in [7, 11) is 0. The lowest BCUT2D eigenvalue weighted by atomic mass is 10.2. The van der Waals surface area contributed by atoms with E-state index in [1.807, 2.05) is 48.5 Å². The molecule has 3 rings (SSSR count). The van der Waals surface area contributed by atoms with Gasteiger partial charge < -0.3 is 10.1 Å². The van der Waals surface area contributed by atoms with Crippen molar-refractivity contribution in [1.29, 1.82) is 0 Å². The molecule has 0 saturated heterocycles. The van der Waals surface area contributed by atoms with Crippen molar-refractivity contribution in [3.63, 3.8) is 0 Å². The molecule has 3 nitrogen and oxygen atoms in total. The number of ether oxygens (including phenoxy) is 1. The number of rotatable bonds is 7. The number of pyridine rings is 1. The molecule has 0 amide bonds. The molecular formula is C20H18Cl2N2O. The van der Waals surface area contributed by atoms with Crippen LogP contribution in [0.4, 0.5) is 0 Å². The van der Waals surface area contributed by atoms with Crippen LogP contribution < -0.4 is 10.1 Å². The van der Waals surface area contributed by atoms with Gasteiger partial charge in [-0.15, -0.1) is 0 Å². The zero-order chi connectivity index (χ0) is 17.5. The third-order valence-corrected chi connectivity index (χ3v) is 4.44. The van der Waals surface area contributed by atoms with E-state index in [1.165, 1.54) is 0 Å². The van der Waals surface area contributed by atoms with Crippen LogP contribution in [0.15, 0.2) is 66.9 Å². The first kappa shape index (κ1) is 17.7. The molecule has 0 unspecified atom stereocenters. The Morgan fingerprint density at radius 1 is 0.880 bits per heavy atom. The first-order valence-electron chi connectivity index (χ1n) is 7.97. The van der Waals surface area contributed by atoms with Gasteiger partial charge in [-0.25, -0.2) is 0 Å². The molecule has 1 aromatic heterocycles. The van der Waals surface area contributed by atoms with Crippen molar-refractivity contribution in [2.75, 3.05) is 0 Å². The van der Waals surface area contributed by atoms with E-state index in [9.17, 15) is 0 Å². The number of nitrogens with zero attached hydrogens (tertiary/aromatic N) is 1. The molecule has 2 aromatic carbocycles. The van der Waals surface area contributed by atoms with Crippen molar-refractivity contribution in [1.82, 2.24) is 10.3 Å². The fraction of sp³-hybridized carbons (Fsp3) is 0.150. The van der Waals surface area contributed by atoms with Crippen molar-refractivity contribution < 1.29 is 4.74 Å². The highest BCUT2D eigenvalue weighted by atomic mass is 35.5. The fourth-order valence-electron chi connectivity index (χ4n) is 2.41. The highest BCUT2D eigenvalue weighted by molar-refractivity contribution is 6.42. The summed E-state index contributed by atoms with van der Waals surface area (Å²) < 4.78 is 5.96. The number of hydrogen-bond donors (Lipinski definition) is 1. The lowest BCUT2D eigenvalue weighted by Crippen LogP contribution is -2.14. The third kappa shape index (κ3) is 5.20. The Morgan fingerprint density at radius 3 is 2.52 bits per heavy atom. The van der Waals surface area contributed by atoms with E-state index in [1.54, 1.807) is 12.3 Å². The molecule has 128 valence electrons. The lowest BCUT2D eigenvalue weighted by molar-refractivity contribution is 0.302. The van der Waals surface area contributed by atoms with E-state index >= 15 is 0 Å². The van der Waals surface area contributed by atoms with Gasteiger partial charge >= 0.3 is 0 Å². The largest absolute Gasteiger partial charge is 0.489 e. The number of aromatic nitrogens is 1. The van der Waals surface area contributed by atoms with Gasteiger partial charge in [0, 0.05) is 24.8 Å². The molecule has 0 atom stereocenters. The summed E-state index contributed by atoms with van der Waals surface area (Å²) in [6.45, 7) is 1.85. The van der Waals surface area contributed by atoms with Gasteiger partial charge in [0.15, 0.2) is 0 Å². The summed E-state index contributed by atoms with van der Waals surface area (Å²) >= 11 is 12.0. The van der Waals surface area contributed by atoms with Crippen LogP contribution in [0, 0.1) is 0 Å². The highest BCUT2D eigenvalue weighted by Gasteiger charge is 2.05. The first-order chi connectivity index (χ1) is 12.2. The zero-order valence-corrected chi connectivity index (χ0v) is 15.1. The summed E-state index contributed by atoms with van der Waals surface area (Å²) in [6, 6.07) is 19.4. The Morgan fingerprint density at radius 2 is 1.72 bits per heavy atom. The molecule has 5 heteroatoms. The second-order valence-electron chi connectivity index (χ2n) is 5.57. The Bertz CT molecular complexity index is 825. The molecular weight excluding hydrogens is 355 g/mol. The Hall–Kier alpha value is -2.07. The monoisotopic (exact) mass is 372 g/mol. The Balaban J connectivity index is 1.59. The van der Waals surface area contributed by atoms with Crippen LogP contribution in [-0.2, 0) is 19.7 Å². The van der Waals surface area contributed by atoms with Gasteiger partial charge in [0.1, 0.15) is 12.4 Å². The zero-order valence-electron chi connectivity index (χ0n) is 13.6. The van der Waals surface area contributed by atoms with E-state index in [4.69, 9.17) is 27.9 Å². The minimum atomic E-state index is 0.439. The van der Waals surface area contributed by atoms with Crippen molar-refractivity contribution >= 4 is 23.2 Å². The second-order valence-corrected chi connectivity index (χ2v) is 6.38. The molecule has 0 aliphatic heterocycles.